The molecule has 1 atom stereocenters. The fraction of sp³-hybridized carbons (Fsp3) is 0.176. The van der Waals surface area contributed by atoms with Crippen LogP contribution in [0.4, 0.5) is 4.39 Å². The Bertz CT molecular complexity index is 584. The summed E-state index contributed by atoms with van der Waals surface area (Å²) in [6, 6.07) is 14.3. The van der Waals surface area contributed by atoms with Crippen LogP contribution in [0.3, 0.4) is 0 Å². The van der Waals surface area contributed by atoms with E-state index in [0.29, 0.717) is 17.9 Å². The summed E-state index contributed by atoms with van der Waals surface area (Å²) in [6.45, 7) is 2.29. The molecule has 2 heteroatoms. The van der Waals surface area contributed by atoms with Crippen molar-refractivity contribution in [2.75, 3.05) is 0 Å². The van der Waals surface area contributed by atoms with E-state index in [0.717, 1.165) is 5.56 Å². The molecular formula is C17H15FO. The maximum absolute atomic E-state index is 13.3. The first-order chi connectivity index (χ1) is 9.20. The number of terminal acetylenes is 1. The fourth-order valence-corrected chi connectivity index (χ4v) is 1.81. The summed E-state index contributed by atoms with van der Waals surface area (Å²) in [4.78, 5) is 0. The van der Waals surface area contributed by atoms with Crippen molar-refractivity contribution in [1.29, 1.82) is 0 Å². The van der Waals surface area contributed by atoms with Crippen molar-refractivity contribution in [3.63, 3.8) is 0 Å². The van der Waals surface area contributed by atoms with Gasteiger partial charge >= 0.3 is 0 Å². The van der Waals surface area contributed by atoms with E-state index in [1.54, 1.807) is 6.07 Å². The van der Waals surface area contributed by atoms with Crippen LogP contribution in [-0.4, -0.2) is 0 Å². The van der Waals surface area contributed by atoms with Crippen LogP contribution in [0.15, 0.2) is 48.5 Å². The quantitative estimate of drug-likeness (QED) is 0.745. The summed E-state index contributed by atoms with van der Waals surface area (Å²) < 4.78 is 19.0. The normalized spacial score (nSPS) is 11.6. The minimum Gasteiger partial charge on any atom is -0.489 e. The summed E-state index contributed by atoms with van der Waals surface area (Å²) in [5, 5.41) is 0. The Hall–Kier alpha value is -2.27. The molecule has 2 aromatic rings. The minimum atomic E-state index is -0.302. The Morgan fingerprint density at radius 3 is 2.63 bits per heavy atom. The Kier molecular flexibility index (Phi) is 4.20. The van der Waals surface area contributed by atoms with E-state index >= 15 is 0 Å². The first-order valence-corrected chi connectivity index (χ1v) is 6.13. The zero-order valence-corrected chi connectivity index (χ0v) is 10.8. The van der Waals surface area contributed by atoms with E-state index in [1.807, 2.05) is 37.3 Å². The monoisotopic (exact) mass is 254 g/mol. The van der Waals surface area contributed by atoms with Gasteiger partial charge in [-0.2, -0.15) is 0 Å². The molecule has 0 aliphatic carbocycles. The van der Waals surface area contributed by atoms with E-state index in [4.69, 9.17) is 11.2 Å². The van der Waals surface area contributed by atoms with E-state index in [9.17, 15) is 4.39 Å². The Labute approximate surface area is 113 Å². The van der Waals surface area contributed by atoms with Crippen LogP contribution in [0.25, 0.3) is 0 Å². The molecule has 0 saturated heterocycles. The van der Waals surface area contributed by atoms with Crippen molar-refractivity contribution in [2.24, 2.45) is 0 Å². The van der Waals surface area contributed by atoms with Crippen molar-refractivity contribution < 1.29 is 9.13 Å². The lowest BCUT2D eigenvalue weighted by atomic mass is 10.0. The molecule has 0 bridgehead atoms. The zero-order valence-electron chi connectivity index (χ0n) is 10.8. The van der Waals surface area contributed by atoms with Crippen molar-refractivity contribution in [2.45, 2.75) is 19.4 Å². The van der Waals surface area contributed by atoms with Gasteiger partial charge in [-0.05, 0) is 30.7 Å². The molecule has 0 amide bonds. The molecule has 0 aromatic heterocycles. The smallest absolute Gasteiger partial charge is 0.124 e. The summed E-state index contributed by atoms with van der Waals surface area (Å²) in [6.07, 6.45) is 5.40. The van der Waals surface area contributed by atoms with E-state index in [2.05, 4.69) is 5.92 Å². The van der Waals surface area contributed by atoms with Gasteiger partial charge < -0.3 is 4.74 Å². The lowest BCUT2D eigenvalue weighted by molar-refractivity contribution is 0.302. The summed E-state index contributed by atoms with van der Waals surface area (Å²) >= 11 is 0. The lowest BCUT2D eigenvalue weighted by Crippen LogP contribution is -2.01. The molecule has 2 aromatic carbocycles. The van der Waals surface area contributed by atoms with Gasteiger partial charge in [-0.1, -0.05) is 36.3 Å². The molecule has 0 heterocycles. The highest BCUT2D eigenvalue weighted by Gasteiger charge is 2.11. The van der Waals surface area contributed by atoms with Gasteiger partial charge in [-0.25, -0.2) is 4.39 Å². The van der Waals surface area contributed by atoms with Crippen molar-refractivity contribution >= 4 is 0 Å². The van der Waals surface area contributed by atoms with Crippen molar-refractivity contribution in [3.05, 3.63) is 65.5 Å². The molecule has 0 fully saturated rings. The van der Waals surface area contributed by atoms with Crippen LogP contribution < -0.4 is 4.74 Å². The third kappa shape index (κ3) is 3.35. The summed E-state index contributed by atoms with van der Waals surface area (Å²) in [7, 11) is 0. The van der Waals surface area contributed by atoms with Gasteiger partial charge in [-0.3, -0.25) is 0 Å². The van der Waals surface area contributed by atoms with Crippen LogP contribution in [0.2, 0.25) is 0 Å². The van der Waals surface area contributed by atoms with Gasteiger partial charge in [0, 0.05) is 11.5 Å². The van der Waals surface area contributed by atoms with Crippen molar-refractivity contribution in [3.8, 4) is 18.1 Å². The second kappa shape index (κ2) is 6.06. The second-order valence-corrected chi connectivity index (χ2v) is 4.34. The average Bonchev–Trinajstić information content (AvgIpc) is 2.46. The van der Waals surface area contributed by atoms with Gasteiger partial charge in [0.25, 0.3) is 0 Å². The molecule has 2 rings (SSSR count). The first kappa shape index (κ1) is 13.2. The van der Waals surface area contributed by atoms with Gasteiger partial charge in [0.05, 0.1) is 0 Å². The highest BCUT2D eigenvalue weighted by molar-refractivity contribution is 5.40. The van der Waals surface area contributed by atoms with Crippen LogP contribution >= 0.6 is 0 Å². The third-order valence-electron chi connectivity index (χ3n) is 2.93. The molecule has 1 unspecified atom stereocenters. The standard InChI is InChI=1S/C17H15FO/c1-3-13(2)16-11-15(18)9-10-17(16)19-12-14-7-5-4-6-8-14/h1,4-11,13H,12H2,2H3. The molecule has 1 nitrogen and oxygen atoms in total. The number of hydrogen-bond donors (Lipinski definition) is 0. The topological polar surface area (TPSA) is 9.23 Å². The molecule has 0 N–H and O–H groups in total. The SMILES string of the molecule is C#CC(C)c1cc(F)ccc1OCc1ccccc1. The van der Waals surface area contributed by atoms with Crippen LogP contribution in [0.5, 0.6) is 5.75 Å². The molecule has 19 heavy (non-hydrogen) atoms. The zero-order chi connectivity index (χ0) is 13.7. The maximum Gasteiger partial charge on any atom is 0.124 e. The Balaban J connectivity index is 2.18. The lowest BCUT2D eigenvalue weighted by Gasteiger charge is -2.13. The third-order valence-corrected chi connectivity index (χ3v) is 2.93. The fourth-order valence-electron chi connectivity index (χ4n) is 1.81. The van der Waals surface area contributed by atoms with Gasteiger partial charge in [0.15, 0.2) is 0 Å². The van der Waals surface area contributed by atoms with Crippen LogP contribution in [-0.2, 0) is 6.61 Å². The second-order valence-electron chi connectivity index (χ2n) is 4.34. The minimum absolute atomic E-state index is 0.179. The van der Waals surface area contributed by atoms with Gasteiger partial charge in [0.2, 0.25) is 0 Å². The molecule has 0 spiro atoms. The molecular weight excluding hydrogens is 239 g/mol. The molecule has 96 valence electrons. The van der Waals surface area contributed by atoms with E-state index in [1.165, 1.54) is 12.1 Å². The Morgan fingerprint density at radius 1 is 1.21 bits per heavy atom. The number of ether oxygens (including phenoxy) is 1. The average molecular weight is 254 g/mol. The largest absolute Gasteiger partial charge is 0.489 e. The molecule has 0 aliphatic rings. The Morgan fingerprint density at radius 2 is 1.95 bits per heavy atom. The molecule has 0 radical (unpaired) electrons. The van der Waals surface area contributed by atoms with E-state index in [-0.39, 0.29) is 11.7 Å². The highest BCUT2D eigenvalue weighted by atomic mass is 19.1. The summed E-state index contributed by atoms with van der Waals surface area (Å²) in [5.74, 6) is 2.75. The van der Waals surface area contributed by atoms with E-state index < -0.39 is 0 Å². The summed E-state index contributed by atoms with van der Waals surface area (Å²) in [5.41, 5.74) is 1.77. The highest BCUT2D eigenvalue weighted by Crippen LogP contribution is 2.27. The van der Waals surface area contributed by atoms with Gasteiger partial charge in [-0.15, -0.1) is 6.42 Å². The van der Waals surface area contributed by atoms with Crippen LogP contribution in [0.1, 0.15) is 24.0 Å². The number of halogens is 1. The van der Waals surface area contributed by atoms with Crippen molar-refractivity contribution in [1.82, 2.24) is 0 Å². The number of hydrogen-bond acceptors (Lipinski definition) is 1. The van der Waals surface area contributed by atoms with Gasteiger partial charge in [0.1, 0.15) is 18.2 Å². The predicted octanol–water partition coefficient (Wildman–Crippen LogP) is 4.14. The molecule has 0 saturated carbocycles. The van der Waals surface area contributed by atoms with Crippen LogP contribution in [0, 0.1) is 18.2 Å². The first-order valence-electron chi connectivity index (χ1n) is 6.13. The number of rotatable bonds is 4. The number of benzene rings is 2. The maximum atomic E-state index is 13.3. The predicted molar refractivity (Wildman–Crippen MR) is 74.4 cm³/mol. The molecule has 0 aliphatic heterocycles.